The van der Waals surface area contributed by atoms with Crippen molar-refractivity contribution in [2.45, 2.75) is 13.3 Å². The second-order valence-electron chi connectivity index (χ2n) is 6.95. The topological polar surface area (TPSA) is 160 Å². The van der Waals surface area contributed by atoms with Gasteiger partial charge in [0, 0.05) is 5.41 Å². The summed E-state index contributed by atoms with van der Waals surface area (Å²) in [7, 11) is 0. The van der Waals surface area contributed by atoms with E-state index in [2.05, 4.69) is 0 Å². The SMILES string of the molecule is CCC(CO)(CO)COCC(CO)(CO)COCC(CO)(CO)CO. The van der Waals surface area contributed by atoms with Gasteiger partial charge < -0.3 is 45.2 Å². The summed E-state index contributed by atoms with van der Waals surface area (Å²) in [5.74, 6) is 0. The monoisotopic (exact) mass is 370 g/mol. The molecule has 0 amide bonds. The Labute approximate surface area is 148 Å². The molecule has 0 aromatic rings. The van der Waals surface area contributed by atoms with Crippen LogP contribution in [0.5, 0.6) is 0 Å². The fraction of sp³-hybridized carbons (Fsp3) is 1.00. The molecule has 0 bridgehead atoms. The molecular formula is C16H34O9. The molecule has 0 radical (unpaired) electrons. The van der Waals surface area contributed by atoms with Gasteiger partial charge >= 0.3 is 0 Å². The van der Waals surface area contributed by atoms with Gasteiger partial charge in [0.1, 0.15) is 0 Å². The highest BCUT2D eigenvalue weighted by Gasteiger charge is 2.35. The molecule has 0 aliphatic carbocycles. The van der Waals surface area contributed by atoms with Gasteiger partial charge in [-0.05, 0) is 6.42 Å². The number of rotatable bonds is 16. The van der Waals surface area contributed by atoms with E-state index in [0.29, 0.717) is 6.42 Å². The van der Waals surface area contributed by atoms with Crippen molar-refractivity contribution >= 4 is 0 Å². The summed E-state index contributed by atoms with van der Waals surface area (Å²) in [4.78, 5) is 0. The maximum absolute atomic E-state index is 9.61. The molecule has 152 valence electrons. The van der Waals surface area contributed by atoms with Crippen molar-refractivity contribution in [3.8, 4) is 0 Å². The van der Waals surface area contributed by atoms with Crippen molar-refractivity contribution < 1.29 is 45.2 Å². The lowest BCUT2D eigenvalue weighted by Crippen LogP contribution is -2.44. The number of hydrogen-bond donors (Lipinski definition) is 7. The summed E-state index contributed by atoms with van der Waals surface area (Å²) in [5, 5.41) is 65.8. The molecule has 0 atom stereocenters. The van der Waals surface area contributed by atoms with Crippen LogP contribution in [0.1, 0.15) is 13.3 Å². The zero-order valence-electron chi connectivity index (χ0n) is 14.9. The van der Waals surface area contributed by atoms with E-state index in [1.807, 2.05) is 6.92 Å². The Morgan fingerprint density at radius 3 is 1.04 bits per heavy atom. The fourth-order valence-electron chi connectivity index (χ4n) is 2.00. The molecule has 0 spiro atoms. The molecule has 7 N–H and O–H groups in total. The fourth-order valence-corrected chi connectivity index (χ4v) is 2.00. The highest BCUT2D eigenvalue weighted by molar-refractivity contribution is 4.82. The second kappa shape index (κ2) is 12.1. The Hall–Kier alpha value is -0.360. The third-order valence-corrected chi connectivity index (χ3v) is 4.73. The molecule has 0 aliphatic rings. The van der Waals surface area contributed by atoms with Gasteiger partial charge in [0.2, 0.25) is 0 Å². The van der Waals surface area contributed by atoms with Crippen LogP contribution in [0.25, 0.3) is 0 Å². The lowest BCUT2D eigenvalue weighted by atomic mass is 9.87. The zero-order valence-corrected chi connectivity index (χ0v) is 14.9. The van der Waals surface area contributed by atoms with Gasteiger partial charge in [0.05, 0.1) is 83.5 Å². The van der Waals surface area contributed by atoms with Crippen molar-refractivity contribution in [3.05, 3.63) is 0 Å². The van der Waals surface area contributed by atoms with Crippen LogP contribution in [-0.4, -0.2) is 108 Å². The van der Waals surface area contributed by atoms with E-state index in [1.165, 1.54) is 0 Å². The molecule has 0 heterocycles. The maximum atomic E-state index is 9.61. The summed E-state index contributed by atoms with van der Waals surface area (Å²) >= 11 is 0. The molecule has 0 fully saturated rings. The Kier molecular flexibility index (Phi) is 11.9. The quantitative estimate of drug-likeness (QED) is 0.154. The first-order chi connectivity index (χ1) is 11.9. The summed E-state index contributed by atoms with van der Waals surface area (Å²) in [6, 6.07) is 0. The standard InChI is InChI=1S/C16H34O9/c1-2-14(3-17,4-18)10-24-12-16(8-22,9-23)13-25-11-15(5-19,6-20)7-21/h17-23H,2-13H2,1H3. The van der Waals surface area contributed by atoms with Gasteiger partial charge in [-0.2, -0.15) is 0 Å². The maximum Gasteiger partial charge on any atom is 0.0632 e. The van der Waals surface area contributed by atoms with Gasteiger partial charge in [-0.25, -0.2) is 0 Å². The van der Waals surface area contributed by atoms with E-state index in [0.717, 1.165) is 0 Å². The highest BCUT2D eigenvalue weighted by Crippen LogP contribution is 2.24. The molecule has 0 unspecified atom stereocenters. The Morgan fingerprint density at radius 2 is 0.760 bits per heavy atom. The first-order valence-corrected chi connectivity index (χ1v) is 8.32. The number of hydrogen-bond acceptors (Lipinski definition) is 9. The molecule has 0 aliphatic heterocycles. The zero-order chi connectivity index (χ0) is 19.4. The number of ether oxygens (including phenoxy) is 2. The molecule has 0 rings (SSSR count). The van der Waals surface area contributed by atoms with E-state index in [-0.39, 0.29) is 39.6 Å². The molecule has 0 saturated carbocycles. The average Bonchev–Trinajstić information content (AvgIpc) is 2.68. The third kappa shape index (κ3) is 7.05. The van der Waals surface area contributed by atoms with Gasteiger partial charge in [-0.3, -0.25) is 0 Å². The first kappa shape index (κ1) is 24.6. The van der Waals surface area contributed by atoms with Crippen LogP contribution in [0.15, 0.2) is 0 Å². The van der Waals surface area contributed by atoms with Crippen LogP contribution in [0, 0.1) is 16.2 Å². The van der Waals surface area contributed by atoms with Crippen LogP contribution >= 0.6 is 0 Å². The lowest BCUT2D eigenvalue weighted by Gasteiger charge is -2.34. The summed E-state index contributed by atoms with van der Waals surface area (Å²) in [5.41, 5.74) is -3.13. The van der Waals surface area contributed by atoms with Crippen LogP contribution in [0.2, 0.25) is 0 Å². The molecule has 0 aromatic carbocycles. The molecule has 0 saturated heterocycles. The lowest BCUT2D eigenvalue weighted by molar-refractivity contribution is -0.123. The summed E-state index contributed by atoms with van der Waals surface area (Å²) in [6.45, 7) is -1.34. The second-order valence-corrected chi connectivity index (χ2v) is 6.95. The van der Waals surface area contributed by atoms with Crippen LogP contribution in [0.3, 0.4) is 0 Å². The van der Waals surface area contributed by atoms with Crippen LogP contribution < -0.4 is 0 Å². The Morgan fingerprint density at radius 1 is 0.480 bits per heavy atom. The van der Waals surface area contributed by atoms with E-state index < -0.39 is 49.3 Å². The third-order valence-electron chi connectivity index (χ3n) is 4.73. The van der Waals surface area contributed by atoms with Crippen molar-refractivity contribution in [1.82, 2.24) is 0 Å². The van der Waals surface area contributed by atoms with E-state index in [1.54, 1.807) is 0 Å². The Balaban J connectivity index is 4.69. The molecule has 0 aromatic heterocycles. The number of aliphatic hydroxyl groups excluding tert-OH is 7. The van der Waals surface area contributed by atoms with Crippen LogP contribution in [0.4, 0.5) is 0 Å². The summed E-state index contributed by atoms with van der Waals surface area (Å²) < 4.78 is 10.9. The largest absolute Gasteiger partial charge is 0.396 e. The predicted octanol–water partition coefficient (Wildman–Crippen LogP) is -2.67. The van der Waals surface area contributed by atoms with Crippen molar-refractivity contribution in [3.63, 3.8) is 0 Å². The van der Waals surface area contributed by atoms with Gasteiger partial charge in [0.15, 0.2) is 0 Å². The molecular weight excluding hydrogens is 336 g/mol. The highest BCUT2D eigenvalue weighted by atomic mass is 16.5. The van der Waals surface area contributed by atoms with Crippen molar-refractivity contribution in [1.29, 1.82) is 0 Å². The normalized spacial score (nSPS) is 13.4. The molecule has 25 heavy (non-hydrogen) atoms. The molecule has 9 nitrogen and oxygen atoms in total. The van der Waals surface area contributed by atoms with E-state index >= 15 is 0 Å². The molecule has 9 heteroatoms. The Bertz CT molecular complexity index is 281. The van der Waals surface area contributed by atoms with Gasteiger partial charge in [0.25, 0.3) is 0 Å². The average molecular weight is 370 g/mol. The minimum absolute atomic E-state index is 0.0477. The first-order valence-electron chi connectivity index (χ1n) is 8.32. The number of aliphatic hydroxyl groups is 7. The van der Waals surface area contributed by atoms with Crippen molar-refractivity contribution in [2.75, 3.05) is 72.7 Å². The van der Waals surface area contributed by atoms with E-state index in [4.69, 9.17) is 9.47 Å². The van der Waals surface area contributed by atoms with Crippen molar-refractivity contribution in [2.24, 2.45) is 16.2 Å². The minimum atomic E-state index is -1.21. The summed E-state index contributed by atoms with van der Waals surface area (Å²) in [6.07, 6.45) is 0.494. The van der Waals surface area contributed by atoms with Gasteiger partial charge in [-0.15, -0.1) is 0 Å². The van der Waals surface area contributed by atoms with Gasteiger partial charge in [-0.1, -0.05) is 6.92 Å². The van der Waals surface area contributed by atoms with E-state index in [9.17, 15) is 35.7 Å². The van der Waals surface area contributed by atoms with Crippen LogP contribution in [-0.2, 0) is 9.47 Å². The smallest absolute Gasteiger partial charge is 0.0632 e. The predicted molar refractivity (Wildman–Crippen MR) is 88.8 cm³/mol. The minimum Gasteiger partial charge on any atom is -0.396 e.